The summed E-state index contributed by atoms with van der Waals surface area (Å²) in [5.41, 5.74) is 0. The number of hydrogen-bond acceptors (Lipinski definition) is 5. The molecule has 0 aliphatic carbocycles. The predicted molar refractivity (Wildman–Crippen MR) is 68.8 cm³/mol. The highest BCUT2D eigenvalue weighted by Gasteiger charge is 2.22. The van der Waals surface area contributed by atoms with Gasteiger partial charge in [-0.3, -0.25) is 4.79 Å². The van der Waals surface area contributed by atoms with Gasteiger partial charge in [-0.05, 0) is 26.0 Å². The smallest absolute Gasteiger partial charge is 0.371 e. The second kappa shape index (κ2) is 6.53. The van der Waals surface area contributed by atoms with Gasteiger partial charge in [-0.15, -0.1) is 0 Å². The Morgan fingerprint density at radius 2 is 1.90 bits per heavy atom. The summed E-state index contributed by atoms with van der Waals surface area (Å²) in [7, 11) is -4.05. The normalized spacial score (nSPS) is 11.3. The minimum absolute atomic E-state index is 0.372. The van der Waals surface area contributed by atoms with Crippen LogP contribution in [0, 0.1) is 0 Å². The van der Waals surface area contributed by atoms with E-state index < -0.39 is 33.4 Å². The topological polar surface area (TPSA) is 117 Å². The Morgan fingerprint density at radius 3 is 2.35 bits per heavy atom. The molecule has 0 atom stereocenters. The highest BCUT2D eigenvalue weighted by molar-refractivity contribution is 7.89. The van der Waals surface area contributed by atoms with Crippen molar-refractivity contribution in [1.82, 2.24) is 9.62 Å². The summed E-state index contributed by atoms with van der Waals surface area (Å²) < 4.78 is 30.4. The Bertz CT molecular complexity index is 588. The van der Waals surface area contributed by atoms with E-state index in [1.807, 2.05) is 0 Å². The standard InChI is InChI=1S/C11H16N2O6S/c1-3-13(4-2)9(14)7-12-20(17,18)10-6-5-8(19-10)11(15)16/h5-6,12H,3-4,7H2,1-2H3,(H,15,16). The zero-order valence-corrected chi connectivity index (χ0v) is 11.9. The second-order valence-corrected chi connectivity index (χ2v) is 5.51. The zero-order chi connectivity index (χ0) is 15.3. The largest absolute Gasteiger partial charge is 0.475 e. The maximum atomic E-state index is 11.8. The van der Waals surface area contributed by atoms with E-state index in [0.717, 1.165) is 12.1 Å². The van der Waals surface area contributed by atoms with Gasteiger partial charge in [-0.2, -0.15) is 4.72 Å². The van der Waals surface area contributed by atoms with Gasteiger partial charge in [-0.1, -0.05) is 0 Å². The molecule has 0 fully saturated rings. The van der Waals surface area contributed by atoms with Crippen LogP contribution in [-0.4, -0.2) is 49.9 Å². The van der Waals surface area contributed by atoms with E-state index in [1.165, 1.54) is 4.90 Å². The minimum Gasteiger partial charge on any atom is -0.475 e. The lowest BCUT2D eigenvalue weighted by atomic mass is 10.4. The SMILES string of the molecule is CCN(CC)C(=O)CNS(=O)(=O)c1ccc(C(=O)O)o1. The summed E-state index contributed by atoms with van der Waals surface area (Å²) in [6.45, 7) is 4.10. The van der Waals surface area contributed by atoms with Gasteiger partial charge in [0, 0.05) is 13.1 Å². The first-order valence-electron chi connectivity index (χ1n) is 5.92. The zero-order valence-electron chi connectivity index (χ0n) is 11.1. The average molecular weight is 304 g/mol. The molecule has 2 N–H and O–H groups in total. The monoisotopic (exact) mass is 304 g/mol. The molecule has 0 aliphatic rings. The summed E-state index contributed by atoms with van der Waals surface area (Å²) in [6, 6.07) is 2.05. The molecule has 0 radical (unpaired) electrons. The minimum atomic E-state index is -4.05. The van der Waals surface area contributed by atoms with E-state index in [9.17, 15) is 18.0 Å². The lowest BCUT2D eigenvalue weighted by molar-refractivity contribution is -0.129. The molecule has 0 spiro atoms. The molecule has 0 saturated carbocycles. The van der Waals surface area contributed by atoms with Crippen LogP contribution in [-0.2, 0) is 14.8 Å². The second-order valence-electron chi connectivity index (χ2n) is 3.81. The number of nitrogens with zero attached hydrogens (tertiary/aromatic N) is 1. The number of carboxylic acids is 1. The predicted octanol–water partition coefficient (Wildman–Crippen LogP) is 0.124. The van der Waals surface area contributed by atoms with Crippen LogP contribution >= 0.6 is 0 Å². The van der Waals surface area contributed by atoms with Crippen LogP contribution in [0.5, 0.6) is 0 Å². The molecule has 0 aliphatic heterocycles. The van der Waals surface area contributed by atoms with E-state index in [1.54, 1.807) is 13.8 Å². The molecule has 1 heterocycles. The summed E-state index contributed by atoms with van der Waals surface area (Å²) in [6.07, 6.45) is 0. The van der Waals surface area contributed by atoms with Gasteiger partial charge in [0.05, 0.1) is 6.54 Å². The molecule has 9 heteroatoms. The third kappa shape index (κ3) is 3.81. The first-order valence-corrected chi connectivity index (χ1v) is 7.40. The number of aromatic carboxylic acids is 1. The van der Waals surface area contributed by atoms with Gasteiger partial charge in [0.25, 0.3) is 10.0 Å². The quantitative estimate of drug-likeness (QED) is 0.739. The van der Waals surface area contributed by atoms with Crippen molar-refractivity contribution in [3.8, 4) is 0 Å². The fourth-order valence-corrected chi connectivity index (χ4v) is 2.40. The molecule has 1 amide bonds. The summed E-state index contributed by atoms with van der Waals surface area (Å²) in [4.78, 5) is 23.7. The van der Waals surface area contributed by atoms with Crippen molar-refractivity contribution in [2.24, 2.45) is 0 Å². The van der Waals surface area contributed by atoms with Gasteiger partial charge < -0.3 is 14.4 Å². The van der Waals surface area contributed by atoms with E-state index in [-0.39, 0.29) is 5.91 Å². The van der Waals surface area contributed by atoms with Crippen LogP contribution in [0.2, 0.25) is 0 Å². The van der Waals surface area contributed by atoms with Crippen LogP contribution in [0.4, 0.5) is 0 Å². The van der Waals surface area contributed by atoms with Crippen molar-refractivity contribution in [2.75, 3.05) is 19.6 Å². The fourth-order valence-electron chi connectivity index (χ4n) is 1.50. The Morgan fingerprint density at radius 1 is 1.30 bits per heavy atom. The maximum absolute atomic E-state index is 11.8. The Kier molecular flexibility index (Phi) is 5.28. The number of sulfonamides is 1. The Balaban J connectivity index is 2.75. The number of carbonyl (C=O) groups excluding carboxylic acids is 1. The number of furan rings is 1. The molecule has 20 heavy (non-hydrogen) atoms. The molecule has 0 unspecified atom stereocenters. The summed E-state index contributed by atoms with van der Waals surface area (Å²) >= 11 is 0. The number of likely N-dealkylation sites (N-methyl/N-ethyl adjacent to an activating group) is 1. The number of rotatable bonds is 7. The van der Waals surface area contributed by atoms with E-state index in [0.29, 0.717) is 13.1 Å². The van der Waals surface area contributed by atoms with Gasteiger partial charge in [0.15, 0.2) is 0 Å². The molecule has 8 nitrogen and oxygen atoms in total. The molecule has 1 aromatic rings. The van der Waals surface area contributed by atoms with Crippen molar-refractivity contribution >= 4 is 21.9 Å². The van der Waals surface area contributed by atoms with Crippen molar-refractivity contribution < 1.29 is 27.5 Å². The van der Waals surface area contributed by atoms with Crippen LogP contribution in [0.1, 0.15) is 24.4 Å². The molecular formula is C11H16N2O6S. The van der Waals surface area contributed by atoms with Crippen LogP contribution < -0.4 is 4.72 Å². The van der Waals surface area contributed by atoms with E-state index >= 15 is 0 Å². The molecule has 1 rings (SSSR count). The molecule has 1 aromatic heterocycles. The molecule has 0 bridgehead atoms. The number of nitrogens with one attached hydrogen (secondary N) is 1. The number of hydrogen-bond donors (Lipinski definition) is 2. The molecule has 0 saturated heterocycles. The Hall–Kier alpha value is -1.87. The average Bonchev–Trinajstić information content (AvgIpc) is 2.88. The highest BCUT2D eigenvalue weighted by atomic mass is 32.2. The van der Waals surface area contributed by atoms with Crippen molar-refractivity contribution in [3.63, 3.8) is 0 Å². The van der Waals surface area contributed by atoms with E-state index in [4.69, 9.17) is 5.11 Å². The van der Waals surface area contributed by atoms with Crippen molar-refractivity contribution in [3.05, 3.63) is 17.9 Å². The maximum Gasteiger partial charge on any atom is 0.371 e. The first kappa shape index (κ1) is 16.2. The van der Waals surface area contributed by atoms with Gasteiger partial charge in [0.1, 0.15) is 0 Å². The molecular weight excluding hydrogens is 288 g/mol. The fraction of sp³-hybridized carbons (Fsp3) is 0.455. The Labute approximate surface area is 116 Å². The summed E-state index contributed by atoms with van der Waals surface area (Å²) in [5.74, 6) is -2.23. The molecule has 0 aromatic carbocycles. The van der Waals surface area contributed by atoms with Crippen molar-refractivity contribution in [2.45, 2.75) is 18.9 Å². The van der Waals surface area contributed by atoms with E-state index in [2.05, 4.69) is 9.14 Å². The third-order valence-electron chi connectivity index (χ3n) is 2.59. The number of carbonyl (C=O) groups is 2. The number of carboxylic acid groups (broad SMARTS) is 1. The van der Waals surface area contributed by atoms with Gasteiger partial charge in [-0.25, -0.2) is 13.2 Å². The van der Waals surface area contributed by atoms with Crippen LogP contribution in [0.15, 0.2) is 21.6 Å². The van der Waals surface area contributed by atoms with Crippen LogP contribution in [0.25, 0.3) is 0 Å². The van der Waals surface area contributed by atoms with Crippen LogP contribution in [0.3, 0.4) is 0 Å². The first-order chi connectivity index (χ1) is 9.31. The lowest BCUT2D eigenvalue weighted by Crippen LogP contribution is -2.39. The van der Waals surface area contributed by atoms with Gasteiger partial charge >= 0.3 is 5.97 Å². The highest BCUT2D eigenvalue weighted by Crippen LogP contribution is 2.13. The van der Waals surface area contributed by atoms with Gasteiger partial charge in [0.2, 0.25) is 16.8 Å². The lowest BCUT2D eigenvalue weighted by Gasteiger charge is -2.18. The van der Waals surface area contributed by atoms with Crippen molar-refractivity contribution in [1.29, 1.82) is 0 Å². The third-order valence-corrected chi connectivity index (χ3v) is 3.86. The summed E-state index contributed by atoms with van der Waals surface area (Å²) in [5, 5.41) is 8.11. The number of amides is 1. The molecule has 112 valence electrons.